The van der Waals surface area contributed by atoms with Crippen LogP contribution < -0.4 is 0 Å². The SMILES string of the molecule is C1CCCCCC(=C2CCCCCCCCCCC2)CCCCC1.C1CCCCCC2(CCCCC1)CCCCCCCCCCC2.c1cc(C2CCCCCCCCCCC2)ccc1C1CCCCCCCCCCC1. The second-order valence-electron chi connectivity index (χ2n) is 28.0. The summed E-state index contributed by atoms with van der Waals surface area (Å²) in [6, 6.07) is 10.1. The molecule has 0 nitrogen and oxygen atoms in total. The Labute approximate surface area is 485 Å². The van der Waals surface area contributed by atoms with Crippen molar-refractivity contribution in [1.29, 1.82) is 0 Å². The Bertz CT molecular complexity index is 1270. The fourth-order valence-corrected chi connectivity index (χ4v) is 16.0. The molecule has 0 atom stereocenters. The Balaban J connectivity index is 0.000000216. The minimum atomic E-state index is 0.748. The third kappa shape index (κ3) is 33.6. The van der Waals surface area contributed by atoms with Crippen molar-refractivity contribution in [2.24, 2.45) is 5.41 Å². The van der Waals surface area contributed by atoms with Gasteiger partial charge in [0.2, 0.25) is 0 Å². The van der Waals surface area contributed by atoms with E-state index in [1.54, 1.807) is 36.8 Å². The highest BCUT2D eigenvalue weighted by Gasteiger charge is 2.28. The second-order valence-corrected chi connectivity index (χ2v) is 28.0. The third-order valence-electron chi connectivity index (χ3n) is 21.3. The van der Waals surface area contributed by atoms with Crippen molar-refractivity contribution in [3.63, 3.8) is 0 Å². The average Bonchev–Trinajstić information content (AvgIpc) is 3.42. The van der Waals surface area contributed by atoms with Crippen molar-refractivity contribution in [3.05, 3.63) is 46.5 Å². The van der Waals surface area contributed by atoms with Crippen molar-refractivity contribution < 1.29 is 0 Å². The number of rotatable bonds is 2. The van der Waals surface area contributed by atoms with E-state index in [1.807, 2.05) is 11.1 Å². The summed E-state index contributed by atoms with van der Waals surface area (Å²) in [7, 11) is 0. The molecule has 1 aromatic rings. The van der Waals surface area contributed by atoms with Gasteiger partial charge in [0.05, 0.1) is 0 Å². The third-order valence-corrected chi connectivity index (χ3v) is 21.3. The van der Waals surface area contributed by atoms with Crippen molar-refractivity contribution >= 4 is 0 Å². The highest BCUT2D eigenvalue weighted by atomic mass is 14.3. The average molecular weight is 1060 g/mol. The van der Waals surface area contributed by atoms with Gasteiger partial charge in [-0.3, -0.25) is 0 Å². The number of hydrogen-bond acceptors (Lipinski definition) is 0. The molecule has 6 saturated carbocycles. The van der Waals surface area contributed by atoms with E-state index in [2.05, 4.69) is 24.3 Å². The lowest BCUT2D eigenvalue weighted by atomic mass is 9.70. The monoisotopic (exact) mass is 1060 g/mol. The molecule has 1 spiro atoms. The Hall–Kier alpha value is -1.04. The number of benzene rings is 1. The van der Waals surface area contributed by atoms with Crippen LogP contribution in [0.4, 0.5) is 0 Å². The van der Waals surface area contributed by atoms with Crippen molar-refractivity contribution in [3.8, 4) is 0 Å². The quantitative estimate of drug-likeness (QED) is 0.259. The van der Waals surface area contributed by atoms with Gasteiger partial charge in [0.15, 0.2) is 0 Å². The molecule has 0 bridgehead atoms. The molecular weight excluding hydrogens is 925 g/mol. The molecule has 0 heteroatoms. The minimum absolute atomic E-state index is 0.748. The van der Waals surface area contributed by atoms with E-state index < -0.39 is 0 Å². The van der Waals surface area contributed by atoms with E-state index in [0.29, 0.717) is 0 Å². The van der Waals surface area contributed by atoms with Gasteiger partial charge in [-0.25, -0.2) is 0 Å². The van der Waals surface area contributed by atoms with Gasteiger partial charge in [0.25, 0.3) is 0 Å². The van der Waals surface area contributed by atoms with Crippen LogP contribution in [-0.2, 0) is 0 Å². The van der Waals surface area contributed by atoms with Crippen molar-refractivity contribution in [1.82, 2.24) is 0 Å². The van der Waals surface area contributed by atoms with E-state index >= 15 is 0 Å². The van der Waals surface area contributed by atoms with Crippen LogP contribution in [0.25, 0.3) is 0 Å². The molecule has 1 aromatic carbocycles. The van der Waals surface area contributed by atoms with Crippen LogP contribution in [0.1, 0.15) is 447 Å². The van der Waals surface area contributed by atoms with E-state index in [4.69, 9.17) is 0 Å². The van der Waals surface area contributed by atoms with Crippen molar-refractivity contribution in [2.45, 2.75) is 436 Å². The minimum Gasteiger partial charge on any atom is -0.0710 e. The summed E-state index contributed by atoms with van der Waals surface area (Å²) in [5.41, 5.74) is 7.88. The molecule has 0 unspecified atom stereocenters. The smallest absolute Gasteiger partial charge is 0.0162 e. The van der Waals surface area contributed by atoms with Crippen LogP contribution in [0.3, 0.4) is 0 Å². The molecule has 0 heterocycles. The zero-order chi connectivity index (χ0) is 53.5. The van der Waals surface area contributed by atoms with Gasteiger partial charge >= 0.3 is 0 Å². The summed E-state index contributed by atoms with van der Waals surface area (Å²) < 4.78 is 0. The highest BCUT2D eigenvalue weighted by Crippen LogP contribution is 2.43. The van der Waals surface area contributed by atoms with Crippen LogP contribution in [-0.4, -0.2) is 0 Å². The van der Waals surface area contributed by atoms with E-state index in [-0.39, 0.29) is 0 Å². The summed E-state index contributed by atoms with van der Waals surface area (Å²) in [6.07, 6.45) is 98.0. The lowest BCUT2D eigenvalue weighted by Crippen LogP contribution is -2.22. The second kappa shape index (κ2) is 47.4. The summed E-state index contributed by atoms with van der Waals surface area (Å²) in [6.45, 7) is 0. The van der Waals surface area contributed by atoms with Crippen LogP contribution >= 0.6 is 0 Å². The fourth-order valence-electron chi connectivity index (χ4n) is 16.0. The Morgan fingerprint density at radius 1 is 0.182 bits per heavy atom. The highest BCUT2D eigenvalue weighted by molar-refractivity contribution is 5.28. The summed E-state index contributed by atoms with van der Waals surface area (Å²) in [5.74, 6) is 1.63. The van der Waals surface area contributed by atoms with Gasteiger partial charge in [-0.1, -0.05) is 356 Å². The molecular formula is C77H138. The number of hydrogen-bond donors (Lipinski definition) is 0. The predicted octanol–water partition coefficient (Wildman–Crippen LogP) is 27.9. The molecule has 7 rings (SSSR count). The Morgan fingerprint density at radius 3 is 0.532 bits per heavy atom. The molecule has 0 aliphatic heterocycles. The molecule has 0 aromatic heterocycles. The Morgan fingerprint density at radius 2 is 0.338 bits per heavy atom. The van der Waals surface area contributed by atoms with Crippen LogP contribution in [0.15, 0.2) is 35.4 Å². The summed E-state index contributed by atoms with van der Waals surface area (Å²) in [5, 5.41) is 0. The summed E-state index contributed by atoms with van der Waals surface area (Å²) >= 11 is 0. The zero-order valence-electron chi connectivity index (χ0n) is 52.6. The van der Waals surface area contributed by atoms with Gasteiger partial charge < -0.3 is 0 Å². The molecule has 6 aliphatic carbocycles. The molecule has 77 heavy (non-hydrogen) atoms. The first-order valence-electron chi connectivity index (χ1n) is 37.1. The molecule has 0 N–H and O–H groups in total. The first kappa shape index (κ1) is 66.8. The molecule has 0 radical (unpaired) electrons. The van der Waals surface area contributed by atoms with Gasteiger partial charge in [0.1, 0.15) is 0 Å². The predicted molar refractivity (Wildman–Crippen MR) is 346 cm³/mol. The lowest BCUT2D eigenvalue weighted by molar-refractivity contribution is 0.169. The molecule has 0 amide bonds. The summed E-state index contributed by atoms with van der Waals surface area (Å²) in [4.78, 5) is 0. The van der Waals surface area contributed by atoms with E-state index in [1.165, 1.54) is 398 Å². The topological polar surface area (TPSA) is 0 Å². The normalized spacial score (nSPS) is 25.0. The fraction of sp³-hybridized carbons (Fsp3) is 0.896. The van der Waals surface area contributed by atoms with Gasteiger partial charge in [-0.05, 0) is 131 Å². The molecule has 0 saturated heterocycles. The molecule has 6 aliphatic rings. The maximum atomic E-state index is 2.53. The first-order valence-corrected chi connectivity index (χ1v) is 37.1. The first-order chi connectivity index (χ1) is 38.3. The van der Waals surface area contributed by atoms with Crippen molar-refractivity contribution in [2.75, 3.05) is 0 Å². The zero-order valence-corrected chi connectivity index (χ0v) is 52.6. The van der Waals surface area contributed by atoms with E-state index in [0.717, 1.165) is 17.3 Å². The van der Waals surface area contributed by atoms with Gasteiger partial charge in [0, 0.05) is 0 Å². The Kier molecular flexibility index (Phi) is 41.1. The molecule has 6 fully saturated rings. The van der Waals surface area contributed by atoms with Crippen LogP contribution in [0, 0.1) is 5.41 Å². The number of allylic oxidation sites excluding steroid dienone is 2. The van der Waals surface area contributed by atoms with Gasteiger partial charge in [-0.15, -0.1) is 0 Å². The standard InChI is InChI=1S/C30H50.C24H44.C23H44/c1-3-7-11-15-19-27(20-16-12-8-4-1)29-23-25-30(26-24-29)28-21-17-13-9-5-2-6-10-14-18-22-28;1-3-7-11-15-19-23(20-16-12-8-4-1)24-21-17-13-9-5-2-6-10-14-18-22-24;1-3-7-11-15-19-23(20-16-12-8-4-1)21-17-13-9-5-2-6-10-14-18-22-23/h23-28H,1-22H2;1-22H2;1-22H2. The van der Waals surface area contributed by atoms with Crippen LogP contribution in [0.2, 0.25) is 0 Å². The maximum Gasteiger partial charge on any atom is -0.0162 e. The largest absolute Gasteiger partial charge is 0.0710 e. The maximum absolute atomic E-state index is 2.53. The lowest BCUT2D eigenvalue weighted by Gasteiger charge is -2.35. The van der Waals surface area contributed by atoms with Crippen LogP contribution in [0.5, 0.6) is 0 Å². The van der Waals surface area contributed by atoms with Gasteiger partial charge in [-0.2, -0.15) is 0 Å². The molecule has 446 valence electrons. The van der Waals surface area contributed by atoms with E-state index in [9.17, 15) is 0 Å².